The molecular formula is C17H17BrN2OS. The third-order valence-corrected chi connectivity index (χ3v) is 3.95. The van der Waals surface area contributed by atoms with E-state index in [0.29, 0.717) is 0 Å². The number of anilines is 2. The number of hydrogen-bond donors (Lipinski definition) is 1. The summed E-state index contributed by atoms with van der Waals surface area (Å²) in [5, 5.41) is 6.27. The molecule has 0 saturated heterocycles. The highest BCUT2D eigenvalue weighted by molar-refractivity contribution is 8.93. The van der Waals surface area contributed by atoms with Crippen molar-refractivity contribution < 1.29 is 4.74 Å². The highest BCUT2D eigenvalue weighted by Gasteiger charge is 2.05. The van der Waals surface area contributed by atoms with Gasteiger partial charge in [-0.15, -0.1) is 28.3 Å². The summed E-state index contributed by atoms with van der Waals surface area (Å²) in [6.07, 6.45) is 0. The molecule has 1 heterocycles. The third kappa shape index (κ3) is 3.87. The van der Waals surface area contributed by atoms with Crippen LogP contribution in [0, 0.1) is 6.92 Å². The molecule has 2 aromatic carbocycles. The Morgan fingerprint density at radius 1 is 1.00 bits per heavy atom. The molecule has 3 aromatic rings. The highest BCUT2D eigenvalue weighted by Crippen LogP contribution is 2.28. The molecule has 0 aliphatic heterocycles. The van der Waals surface area contributed by atoms with E-state index in [0.717, 1.165) is 27.8 Å². The van der Waals surface area contributed by atoms with Crippen molar-refractivity contribution in [2.75, 3.05) is 12.4 Å². The van der Waals surface area contributed by atoms with Crippen molar-refractivity contribution in [3.63, 3.8) is 0 Å². The molecule has 0 saturated carbocycles. The molecule has 1 aromatic heterocycles. The maximum atomic E-state index is 5.17. The molecule has 0 bridgehead atoms. The van der Waals surface area contributed by atoms with E-state index in [1.807, 2.05) is 24.3 Å². The van der Waals surface area contributed by atoms with Crippen LogP contribution in [0.15, 0.2) is 53.9 Å². The summed E-state index contributed by atoms with van der Waals surface area (Å²) >= 11 is 1.60. The van der Waals surface area contributed by atoms with Gasteiger partial charge in [0.1, 0.15) is 5.75 Å². The van der Waals surface area contributed by atoms with E-state index in [1.165, 1.54) is 5.56 Å². The number of hydrogen-bond acceptors (Lipinski definition) is 4. The second-order valence-electron chi connectivity index (χ2n) is 4.76. The zero-order valence-corrected chi connectivity index (χ0v) is 14.9. The number of nitrogens with one attached hydrogen (secondary N) is 1. The van der Waals surface area contributed by atoms with E-state index in [2.05, 4.69) is 46.9 Å². The first-order valence-corrected chi connectivity index (χ1v) is 7.56. The average molecular weight is 377 g/mol. The predicted molar refractivity (Wildman–Crippen MR) is 98.9 cm³/mol. The Bertz CT molecular complexity index is 723. The van der Waals surface area contributed by atoms with E-state index >= 15 is 0 Å². The van der Waals surface area contributed by atoms with Gasteiger partial charge in [-0.1, -0.05) is 17.7 Å². The molecule has 0 radical (unpaired) electrons. The second kappa shape index (κ2) is 7.42. The first-order valence-electron chi connectivity index (χ1n) is 6.68. The lowest BCUT2D eigenvalue weighted by molar-refractivity contribution is 0.415. The molecule has 0 atom stereocenters. The first kappa shape index (κ1) is 16.5. The summed E-state index contributed by atoms with van der Waals surface area (Å²) < 4.78 is 5.17. The number of aromatic nitrogens is 1. The van der Waals surface area contributed by atoms with E-state index in [1.54, 1.807) is 18.4 Å². The molecular weight excluding hydrogens is 360 g/mol. The van der Waals surface area contributed by atoms with E-state index < -0.39 is 0 Å². The van der Waals surface area contributed by atoms with Gasteiger partial charge in [0, 0.05) is 16.6 Å². The zero-order chi connectivity index (χ0) is 14.7. The molecule has 1 N–H and O–H groups in total. The second-order valence-corrected chi connectivity index (χ2v) is 5.62. The zero-order valence-electron chi connectivity index (χ0n) is 12.4. The minimum absolute atomic E-state index is 0. The number of halogens is 1. The van der Waals surface area contributed by atoms with Crippen molar-refractivity contribution in [2.24, 2.45) is 0 Å². The lowest BCUT2D eigenvalue weighted by Crippen LogP contribution is -1.89. The van der Waals surface area contributed by atoms with Crippen molar-refractivity contribution in [3.05, 3.63) is 59.5 Å². The molecule has 3 rings (SSSR count). The number of nitrogens with zero attached hydrogens (tertiary/aromatic N) is 1. The standard InChI is InChI=1S/C17H16N2OS.BrH/c1-12-3-7-14(8-4-12)18-17-19-16(11-21-17)13-5-9-15(20-2)10-6-13;/h3-11H,1-2H3,(H,18,19);1H. The molecule has 0 fully saturated rings. The van der Waals surface area contributed by atoms with Crippen LogP contribution in [0.25, 0.3) is 11.3 Å². The SMILES string of the molecule is Br.COc1ccc(-c2csc(Nc3ccc(C)cc3)n2)cc1. The van der Waals surface area contributed by atoms with E-state index in [4.69, 9.17) is 4.74 Å². The minimum atomic E-state index is 0. The summed E-state index contributed by atoms with van der Waals surface area (Å²) in [5.41, 5.74) is 4.36. The van der Waals surface area contributed by atoms with Crippen LogP contribution in [0.4, 0.5) is 10.8 Å². The Kier molecular flexibility index (Phi) is 5.57. The Morgan fingerprint density at radius 3 is 2.32 bits per heavy atom. The average Bonchev–Trinajstić information content (AvgIpc) is 2.98. The van der Waals surface area contributed by atoms with Crippen LogP contribution in [-0.2, 0) is 0 Å². The first-order chi connectivity index (χ1) is 10.2. The molecule has 0 amide bonds. The van der Waals surface area contributed by atoms with Crippen LogP contribution >= 0.6 is 28.3 Å². The van der Waals surface area contributed by atoms with Gasteiger partial charge in [-0.3, -0.25) is 0 Å². The predicted octanol–water partition coefficient (Wildman–Crippen LogP) is 5.45. The largest absolute Gasteiger partial charge is 0.497 e. The summed E-state index contributed by atoms with van der Waals surface area (Å²) in [5.74, 6) is 0.854. The quantitative estimate of drug-likeness (QED) is 0.657. The molecule has 114 valence electrons. The Balaban J connectivity index is 0.00000176. The van der Waals surface area contributed by atoms with Crippen LogP contribution in [0.3, 0.4) is 0 Å². The van der Waals surface area contributed by atoms with Crippen molar-refractivity contribution in [1.82, 2.24) is 4.98 Å². The van der Waals surface area contributed by atoms with Gasteiger partial charge in [0.05, 0.1) is 12.8 Å². The monoisotopic (exact) mass is 376 g/mol. The maximum absolute atomic E-state index is 5.17. The van der Waals surface area contributed by atoms with Gasteiger partial charge in [0.25, 0.3) is 0 Å². The molecule has 0 spiro atoms. The Morgan fingerprint density at radius 2 is 1.68 bits per heavy atom. The number of methoxy groups -OCH3 is 1. The van der Waals surface area contributed by atoms with Gasteiger partial charge >= 0.3 is 0 Å². The Hall–Kier alpha value is -1.85. The van der Waals surface area contributed by atoms with Gasteiger partial charge in [0.2, 0.25) is 0 Å². The smallest absolute Gasteiger partial charge is 0.187 e. The van der Waals surface area contributed by atoms with Gasteiger partial charge in [-0.05, 0) is 43.3 Å². The molecule has 0 aliphatic carbocycles. The topological polar surface area (TPSA) is 34.1 Å². The molecule has 22 heavy (non-hydrogen) atoms. The third-order valence-electron chi connectivity index (χ3n) is 3.19. The number of rotatable bonds is 4. The summed E-state index contributed by atoms with van der Waals surface area (Å²) in [4.78, 5) is 4.62. The van der Waals surface area contributed by atoms with E-state index in [-0.39, 0.29) is 17.0 Å². The normalized spacial score (nSPS) is 9.91. The van der Waals surface area contributed by atoms with Crippen molar-refractivity contribution in [3.8, 4) is 17.0 Å². The number of benzene rings is 2. The van der Waals surface area contributed by atoms with E-state index in [9.17, 15) is 0 Å². The fraction of sp³-hybridized carbons (Fsp3) is 0.118. The molecule has 0 aliphatic rings. The fourth-order valence-corrected chi connectivity index (χ4v) is 2.73. The fourth-order valence-electron chi connectivity index (χ4n) is 1.99. The summed E-state index contributed by atoms with van der Waals surface area (Å²) in [7, 11) is 1.67. The van der Waals surface area contributed by atoms with Crippen LogP contribution in [0.1, 0.15) is 5.56 Å². The van der Waals surface area contributed by atoms with Crippen LogP contribution in [-0.4, -0.2) is 12.1 Å². The molecule has 3 nitrogen and oxygen atoms in total. The minimum Gasteiger partial charge on any atom is -0.497 e. The number of thiazole rings is 1. The highest BCUT2D eigenvalue weighted by atomic mass is 79.9. The molecule has 5 heteroatoms. The van der Waals surface area contributed by atoms with Gasteiger partial charge in [-0.2, -0.15) is 0 Å². The molecule has 0 unspecified atom stereocenters. The van der Waals surface area contributed by atoms with Crippen LogP contribution < -0.4 is 10.1 Å². The number of ether oxygens (including phenoxy) is 1. The van der Waals surface area contributed by atoms with Crippen molar-refractivity contribution in [1.29, 1.82) is 0 Å². The lowest BCUT2D eigenvalue weighted by Gasteiger charge is -2.03. The van der Waals surface area contributed by atoms with Gasteiger partial charge in [-0.25, -0.2) is 4.98 Å². The summed E-state index contributed by atoms with van der Waals surface area (Å²) in [6, 6.07) is 16.2. The van der Waals surface area contributed by atoms with Crippen LogP contribution in [0.5, 0.6) is 5.75 Å². The van der Waals surface area contributed by atoms with Gasteiger partial charge < -0.3 is 10.1 Å². The van der Waals surface area contributed by atoms with Crippen LogP contribution in [0.2, 0.25) is 0 Å². The lowest BCUT2D eigenvalue weighted by atomic mass is 10.2. The van der Waals surface area contributed by atoms with Crippen molar-refractivity contribution in [2.45, 2.75) is 6.92 Å². The summed E-state index contributed by atoms with van der Waals surface area (Å²) in [6.45, 7) is 2.08. The van der Waals surface area contributed by atoms with Crippen molar-refractivity contribution >= 4 is 39.1 Å². The maximum Gasteiger partial charge on any atom is 0.187 e. The van der Waals surface area contributed by atoms with Gasteiger partial charge in [0.15, 0.2) is 5.13 Å². The number of aryl methyl sites for hydroxylation is 1. The Labute approximate surface area is 144 Å².